The molecule has 0 aromatic heterocycles. The Morgan fingerprint density at radius 2 is 1.38 bits per heavy atom. The molecule has 0 bridgehead atoms. The molecule has 0 saturated carbocycles. The van der Waals surface area contributed by atoms with E-state index in [1.165, 1.54) is 11.0 Å². The Kier molecular flexibility index (Phi) is 21.3. The Hall–Kier alpha value is -7.02. The van der Waals surface area contributed by atoms with Crippen molar-refractivity contribution in [3.8, 4) is 0 Å². The van der Waals surface area contributed by atoms with Crippen molar-refractivity contribution in [2.45, 2.75) is 168 Å². The molecular formula is C62H84FN9O8. The molecule has 80 heavy (non-hydrogen) atoms. The van der Waals surface area contributed by atoms with Gasteiger partial charge < -0.3 is 51.8 Å². The van der Waals surface area contributed by atoms with E-state index in [-0.39, 0.29) is 62.2 Å². The summed E-state index contributed by atoms with van der Waals surface area (Å²) in [6, 6.07) is 12.6. The second-order valence-corrected chi connectivity index (χ2v) is 23.7. The molecule has 7 N–H and O–H groups in total. The number of amides is 7. The lowest BCUT2D eigenvalue weighted by Gasteiger charge is -2.41. The Balaban J connectivity index is 1.16. The molecule has 2 aliphatic heterocycles. The maximum absolute atomic E-state index is 14.8. The molecule has 1 saturated heterocycles. The summed E-state index contributed by atoms with van der Waals surface area (Å²) in [6.45, 7) is 20.6. The zero-order valence-electron chi connectivity index (χ0n) is 48.5. The minimum absolute atomic E-state index is 0.0162. The SMILES string of the molecule is C=C1/C=C\C=C/C[C@H](NC(=O)[C@@H]2C[C@H](OCc3ccc(C(=O)Nc4ccc5c(c4)CN(C(=O)[C@@H](NC(=O)[C@H](C)NC)C(C)(C)C)[C@H](C(=O)N[C@H](C)c4ccccc4F)C5)cc3)CN2C(=O)[C@@H](NC(=O)[C@H](C)NC)C(C)(C)C)CCC1. The van der Waals surface area contributed by atoms with Crippen LogP contribution in [0.15, 0.2) is 103 Å². The van der Waals surface area contributed by atoms with Gasteiger partial charge in [0.25, 0.3) is 5.91 Å². The normalized spacial score (nSPS) is 21.3. The molecule has 3 aromatic rings. The first-order valence-corrected chi connectivity index (χ1v) is 27.9. The minimum Gasteiger partial charge on any atom is -0.372 e. The highest BCUT2D eigenvalue weighted by atomic mass is 19.1. The van der Waals surface area contributed by atoms with E-state index in [1.54, 1.807) is 94.4 Å². The third-order valence-electron chi connectivity index (χ3n) is 15.3. The van der Waals surface area contributed by atoms with E-state index in [1.807, 2.05) is 71.9 Å². The van der Waals surface area contributed by atoms with Crippen LogP contribution in [0, 0.1) is 16.6 Å². The average molecular weight is 1100 g/mol. The highest BCUT2D eigenvalue weighted by Crippen LogP contribution is 2.32. The van der Waals surface area contributed by atoms with Gasteiger partial charge in [0.2, 0.25) is 35.4 Å². The molecule has 18 heteroatoms. The average Bonchev–Trinajstić information content (AvgIpc) is 3.87. The van der Waals surface area contributed by atoms with Gasteiger partial charge in [-0.1, -0.05) is 114 Å². The monoisotopic (exact) mass is 1100 g/mol. The van der Waals surface area contributed by atoms with E-state index in [0.717, 1.165) is 36.0 Å². The Bertz CT molecular complexity index is 2800. The van der Waals surface area contributed by atoms with Crippen LogP contribution in [-0.4, -0.2) is 120 Å². The first kappa shape index (κ1) is 62.2. The van der Waals surface area contributed by atoms with Crippen LogP contribution in [0.25, 0.3) is 0 Å². The lowest BCUT2D eigenvalue weighted by atomic mass is 9.84. The summed E-state index contributed by atoms with van der Waals surface area (Å²) in [5.41, 5.74) is 2.89. The number of likely N-dealkylation sites (N-methyl/N-ethyl adjacent to an activating group) is 2. The number of nitrogens with zero attached hydrogens (tertiary/aromatic N) is 2. The fourth-order valence-corrected chi connectivity index (χ4v) is 10.1. The van der Waals surface area contributed by atoms with Crippen LogP contribution in [0.4, 0.5) is 10.1 Å². The van der Waals surface area contributed by atoms with Crippen molar-refractivity contribution < 1.29 is 42.7 Å². The largest absolute Gasteiger partial charge is 0.372 e. The van der Waals surface area contributed by atoms with Crippen LogP contribution in [0.5, 0.6) is 0 Å². The first-order valence-electron chi connectivity index (χ1n) is 27.9. The van der Waals surface area contributed by atoms with Gasteiger partial charge in [0.05, 0.1) is 30.8 Å². The summed E-state index contributed by atoms with van der Waals surface area (Å²) in [7, 11) is 3.31. The number of fused-ring (bicyclic) bond motifs is 1. The predicted octanol–water partition coefficient (Wildman–Crippen LogP) is 6.70. The van der Waals surface area contributed by atoms with Crippen molar-refractivity contribution in [1.29, 1.82) is 0 Å². The predicted molar refractivity (Wildman–Crippen MR) is 308 cm³/mol. The second kappa shape index (κ2) is 27.4. The van der Waals surface area contributed by atoms with Crippen molar-refractivity contribution in [3.05, 3.63) is 137 Å². The summed E-state index contributed by atoms with van der Waals surface area (Å²) in [5, 5.41) is 20.8. The molecule has 1 fully saturated rings. The van der Waals surface area contributed by atoms with Gasteiger partial charge in [0.15, 0.2) is 0 Å². The third kappa shape index (κ3) is 16.3. The number of anilines is 1. The van der Waals surface area contributed by atoms with E-state index < -0.39 is 82.8 Å². The lowest BCUT2D eigenvalue weighted by Crippen LogP contribution is -2.62. The summed E-state index contributed by atoms with van der Waals surface area (Å²) in [4.78, 5) is 101. The fourth-order valence-electron chi connectivity index (χ4n) is 10.1. The van der Waals surface area contributed by atoms with Gasteiger partial charge in [-0.3, -0.25) is 33.6 Å². The standard InChI is InChI=1S/C62H84FN9O8/c1-37-19-14-13-15-21-45(22-18-20-37)67-58(77)51-33-47(35-72(51)60(79)53(62(8,9)10)70-55(74)40(4)65-12)80-36-41-25-27-42(28-26-41)56(75)68-46-30-29-43-32-50(57(76)66-38(2)48-23-16-17-24-49(48)63)71(34-44(43)31-46)59(78)52(61(5,6)7)69-54(73)39(3)64-11/h13-17,19,23-31,38-40,45,47,50-53,64-65H,1,18,20-22,32-36H2,2-12H3,(H,66,76)(H,67,77)(H,68,75)(H,69,73)(H,70,74)/b15-13-,19-14-/t38-,39+,40+,45+,47+,50+,51+,52-,53-/m1/s1. The Morgan fingerprint density at radius 1 is 0.750 bits per heavy atom. The smallest absolute Gasteiger partial charge is 0.255 e. The van der Waals surface area contributed by atoms with Crippen LogP contribution >= 0.6 is 0 Å². The van der Waals surface area contributed by atoms with Gasteiger partial charge in [-0.25, -0.2) is 4.39 Å². The van der Waals surface area contributed by atoms with Gasteiger partial charge in [-0.2, -0.15) is 0 Å². The number of hydrogen-bond donors (Lipinski definition) is 7. The molecular weight excluding hydrogens is 1020 g/mol. The molecule has 17 nitrogen and oxygen atoms in total. The van der Waals surface area contributed by atoms with Crippen molar-refractivity contribution in [2.24, 2.45) is 10.8 Å². The molecule has 2 heterocycles. The lowest BCUT2D eigenvalue weighted by molar-refractivity contribution is -0.147. The van der Waals surface area contributed by atoms with Crippen LogP contribution in [-0.2, 0) is 53.1 Å². The molecule has 6 rings (SSSR count). The van der Waals surface area contributed by atoms with Gasteiger partial charge in [-0.05, 0) is 118 Å². The molecule has 9 atom stereocenters. The summed E-state index contributed by atoms with van der Waals surface area (Å²) in [6.07, 6.45) is 10.7. The van der Waals surface area contributed by atoms with E-state index in [4.69, 9.17) is 4.74 Å². The van der Waals surface area contributed by atoms with Crippen LogP contribution in [0.3, 0.4) is 0 Å². The number of hydrogen-bond acceptors (Lipinski definition) is 10. The highest BCUT2D eigenvalue weighted by molar-refractivity contribution is 6.04. The van der Waals surface area contributed by atoms with Crippen LogP contribution < -0.4 is 37.2 Å². The van der Waals surface area contributed by atoms with Crippen molar-refractivity contribution in [2.75, 3.05) is 26.0 Å². The zero-order valence-corrected chi connectivity index (χ0v) is 48.5. The number of carbonyl (C=O) groups is 7. The molecule has 3 aromatic carbocycles. The van der Waals surface area contributed by atoms with Crippen molar-refractivity contribution in [1.82, 2.24) is 41.7 Å². The van der Waals surface area contributed by atoms with Crippen molar-refractivity contribution >= 4 is 47.0 Å². The van der Waals surface area contributed by atoms with E-state index >= 15 is 0 Å². The quantitative estimate of drug-likeness (QED) is 0.0715. The fraction of sp³-hybridized carbons (Fsp3) is 0.500. The maximum atomic E-state index is 14.8. The first-order chi connectivity index (χ1) is 37.8. The van der Waals surface area contributed by atoms with Crippen LogP contribution in [0.1, 0.15) is 133 Å². The number of halogens is 1. The molecule has 0 radical (unpaired) electrons. The number of benzene rings is 3. The summed E-state index contributed by atoms with van der Waals surface area (Å²) in [5.74, 6) is -3.20. The van der Waals surface area contributed by atoms with Gasteiger partial charge in [-0.15, -0.1) is 0 Å². The van der Waals surface area contributed by atoms with Crippen molar-refractivity contribution in [3.63, 3.8) is 0 Å². The number of allylic oxidation sites excluding steroid dienone is 4. The summed E-state index contributed by atoms with van der Waals surface area (Å²) < 4.78 is 21.3. The zero-order chi connectivity index (χ0) is 58.6. The molecule has 7 amide bonds. The number of carbonyl (C=O) groups excluding carboxylic acids is 7. The molecule has 0 unspecified atom stereocenters. The number of nitrogens with one attached hydrogen (secondary N) is 7. The van der Waals surface area contributed by atoms with E-state index in [2.05, 4.69) is 43.8 Å². The van der Waals surface area contributed by atoms with Gasteiger partial charge in [0, 0.05) is 48.8 Å². The van der Waals surface area contributed by atoms with Crippen LogP contribution in [0.2, 0.25) is 0 Å². The van der Waals surface area contributed by atoms with E-state index in [9.17, 15) is 38.0 Å². The number of rotatable bonds is 18. The molecule has 0 spiro atoms. The number of ether oxygens (including phenoxy) is 1. The Labute approximate surface area is 471 Å². The topological polar surface area (TPSA) is 219 Å². The van der Waals surface area contributed by atoms with Gasteiger partial charge in [0.1, 0.15) is 30.0 Å². The molecule has 1 aliphatic carbocycles. The van der Waals surface area contributed by atoms with Gasteiger partial charge >= 0.3 is 0 Å². The number of likely N-dealkylation sites (tertiary alicyclic amines) is 1. The maximum Gasteiger partial charge on any atom is 0.255 e. The third-order valence-corrected chi connectivity index (χ3v) is 15.3. The minimum atomic E-state index is -1.02. The molecule has 3 aliphatic rings. The highest BCUT2D eigenvalue weighted by Gasteiger charge is 2.46. The summed E-state index contributed by atoms with van der Waals surface area (Å²) >= 11 is 0. The second-order valence-electron chi connectivity index (χ2n) is 23.7. The molecule has 432 valence electrons. The Morgan fingerprint density at radius 3 is 1.99 bits per heavy atom. The van der Waals surface area contributed by atoms with E-state index in [0.29, 0.717) is 28.8 Å².